The van der Waals surface area contributed by atoms with Crippen molar-refractivity contribution >= 4 is 22.8 Å². The minimum Gasteiger partial charge on any atom is -0.464 e. The number of nitrogens with zero attached hydrogens (tertiary/aromatic N) is 1. The molecule has 35 heavy (non-hydrogen) atoms. The summed E-state index contributed by atoms with van der Waals surface area (Å²) in [7, 11) is 0. The normalized spacial score (nSPS) is 20.1. The molecule has 0 saturated carbocycles. The number of unbranched alkanes of at least 4 members (excludes halogenated alkanes) is 1. The fourth-order valence-corrected chi connectivity index (χ4v) is 4.41. The Hall–Kier alpha value is -3.17. The van der Waals surface area contributed by atoms with Gasteiger partial charge in [0.15, 0.2) is 11.2 Å². The molecule has 0 radical (unpaired) electrons. The van der Waals surface area contributed by atoms with Gasteiger partial charge in [-0.3, -0.25) is 14.4 Å². The van der Waals surface area contributed by atoms with Gasteiger partial charge in [-0.25, -0.2) is 0 Å². The number of amides is 2. The van der Waals surface area contributed by atoms with Crippen molar-refractivity contribution in [3.05, 3.63) is 58.2 Å². The van der Waals surface area contributed by atoms with Gasteiger partial charge in [-0.1, -0.05) is 12.1 Å². The van der Waals surface area contributed by atoms with Gasteiger partial charge in [0.25, 0.3) is 5.91 Å². The number of ether oxygens (including phenoxy) is 2. The van der Waals surface area contributed by atoms with E-state index in [9.17, 15) is 14.4 Å². The number of aliphatic hydroxyl groups excluding tert-OH is 1. The second kappa shape index (κ2) is 12.0. The first-order valence-corrected chi connectivity index (χ1v) is 12.2. The minimum absolute atomic E-state index is 0.0756. The molecule has 0 unspecified atom stereocenters. The summed E-state index contributed by atoms with van der Waals surface area (Å²) in [6.07, 6.45) is 6.12. The molecule has 0 spiro atoms. The lowest BCUT2D eigenvalue weighted by atomic mass is 9.93. The summed E-state index contributed by atoms with van der Waals surface area (Å²) >= 11 is 0. The van der Waals surface area contributed by atoms with Crippen molar-refractivity contribution in [1.82, 2.24) is 10.2 Å². The van der Waals surface area contributed by atoms with E-state index in [4.69, 9.17) is 19.0 Å². The van der Waals surface area contributed by atoms with Crippen LogP contribution in [0.3, 0.4) is 0 Å². The number of fused-ring (bicyclic) bond motifs is 1. The van der Waals surface area contributed by atoms with Crippen molar-refractivity contribution in [2.24, 2.45) is 0 Å². The molecule has 188 valence electrons. The van der Waals surface area contributed by atoms with Gasteiger partial charge in [-0.2, -0.15) is 0 Å². The Morgan fingerprint density at radius 3 is 2.86 bits per heavy atom. The summed E-state index contributed by atoms with van der Waals surface area (Å²) in [5, 5.41) is 12.3. The highest BCUT2D eigenvalue weighted by molar-refractivity contribution is 5.91. The number of carbonyl (C=O) groups excluding carboxylic acids is 2. The van der Waals surface area contributed by atoms with E-state index < -0.39 is 18.1 Å². The standard InChI is InChI=1S/C26H32N2O7/c29-13-3-4-14-33-24-16-18(20-17-34-21-8-2-1-7-19(21)25(20)31)15-22(35-24)26(32)27-10-6-12-28-11-5-9-23(28)30/h1-2,7-8,15,17-18,24,29H,3-6,9-14,16H2,(H,27,32)/t18-,24+/m0/s1. The van der Waals surface area contributed by atoms with Crippen LogP contribution < -0.4 is 10.7 Å². The fraction of sp³-hybridized carbons (Fsp3) is 0.500. The fourth-order valence-electron chi connectivity index (χ4n) is 4.41. The van der Waals surface area contributed by atoms with Gasteiger partial charge < -0.3 is 29.2 Å². The number of nitrogens with one attached hydrogen (secondary N) is 1. The van der Waals surface area contributed by atoms with Crippen LogP contribution in [0.2, 0.25) is 0 Å². The monoisotopic (exact) mass is 484 g/mol. The Kier molecular flexibility index (Phi) is 8.54. The number of aliphatic hydroxyl groups is 1. The molecule has 3 heterocycles. The zero-order valence-corrected chi connectivity index (χ0v) is 19.7. The van der Waals surface area contributed by atoms with E-state index in [0.717, 1.165) is 13.0 Å². The predicted octanol–water partition coefficient (Wildman–Crippen LogP) is 2.42. The van der Waals surface area contributed by atoms with Crippen LogP contribution in [0.15, 0.2) is 51.6 Å². The zero-order valence-electron chi connectivity index (χ0n) is 19.7. The average Bonchev–Trinajstić information content (AvgIpc) is 3.29. The molecule has 9 heteroatoms. The largest absolute Gasteiger partial charge is 0.464 e. The van der Waals surface area contributed by atoms with Gasteiger partial charge in [0.05, 0.1) is 18.3 Å². The van der Waals surface area contributed by atoms with Crippen molar-refractivity contribution in [3.63, 3.8) is 0 Å². The Balaban J connectivity index is 1.45. The van der Waals surface area contributed by atoms with Crippen molar-refractivity contribution in [1.29, 1.82) is 0 Å². The number of hydrogen-bond acceptors (Lipinski definition) is 7. The van der Waals surface area contributed by atoms with E-state index in [2.05, 4.69) is 5.32 Å². The molecule has 2 atom stereocenters. The van der Waals surface area contributed by atoms with Crippen LogP contribution >= 0.6 is 0 Å². The molecule has 0 aliphatic carbocycles. The third kappa shape index (κ3) is 6.29. The molecule has 1 saturated heterocycles. The molecule has 9 nitrogen and oxygen atoms in total. The summed E-state index contributed by atoms with van der Waals surface area (Å²) in [4.78, 5) is 39.6. The highest BCUT2D eigenvalue weighted by Gasteiger charge is 2.30. The van der Waals surface area contributed by atoms with E-state index in [-0.39, 0.29) is 23.7 Å². The zero-order chi connectivity index (χ0) is 24.6. The highest BCUT2D eigenvalue weighted by Crippen LogP contribution is 2.31. The lowest BCUT2D eigenvalue weighted by Crippen LogP contribution is -2.35. The van der Waals surface area contributed by atoms with E-state index >= 15 is 0 Å². The third-order valence-electron chi connectivity index (χ3n) is 6.31. The topological polar surface area (TPSA) is 118 Å². The molecule has 0 bridgehead atoms. The van der Waals surface area contributed by atoms with Gasteiger partial charge in [0, 0.05) is 50.6 Å². The van der Waals surface area contributed by atoms with Gasteiger partial charge in [-0.05, 0) is 43.9 Å². The lowest BCUT2D eigenvalue weighted by molar-refractivity contribution is -0.146. The van der Waals surface area contributed by atoms with E-state index in [0.29, 0.717) is 68.3 Å². The number of hydrogen-bond donors (Lipinski definition) is 2. The molecular formula is C26H32N2O7. The first-order valence-electron chi connectivity index (χ1n) is 12.2. The van der Waals surface area contributed by atoms with E-state index in [1.165, 1.54) is 6.26 Å². The molecule has 1 fully saturated rings. The van der Waals surface area contributed by atoms with Crippen LogP contribution in [0.25, 0.3) is 11.0 Å². The quantitative estimate of drug-likeness (QED) is 0.470. The van der Waals surface area contributed by atoms with Crippen molar-refractivity contribution in [2.75, 3.05) is 32.8 Å². The van der Waals surface area contributed by atoms with Crippen molar-refractivity contribution in [3.8, 4) is 0 Å². The first kappa shape index (κ1) is 24.9. The Morgan fingerprint density at radius 1 is 1.20 bits per heavy atom. The second-order valence-electron chi connectivity index (χ2n) is 8.83. The third-order valence-corrected chi connectivity index (χ3v) is 6.31. The number of likely N-dealkylation sites (tertiary alicyclic amines) is 1. The molecule has 2 aliphatic rings. The summed E-state index contributed by atoms with van der Waals surface area (Å²) in [5.41, 5.74) is 0.793. The van der Waals surface area contributed by atoms with Crippen LogP contribution in [0.5, 0.6) is 0 Å². The van der Waals surface area contributed by atoms with Crippen LogP contribution in [-0.2, 0) is 19.1 Å². The maximum absolute atomic E-state index is 13.1. The van der Waals surface area contributed by atoms with Crippen LogP contribution in [0, 0.1) is 0 Å². The van der Waals surface area contributed by atoms with E-state index in [1.54, 1.807) is 30.3 Å². The Morgan fingerprint density at radius 2 is 2.06 bits per heavy atom. The molecular weight excluding hydrogens is 452 g/mol. The van der Waals surface area contributed by atoms with Crippen LogP contribution in [0.4, 0.5) is 0 Å². The molecule has 2 aromatic rings. The highest BCUT2D eigenvalue weighted by atomic mass is 16.7. The SMILES string of the molecule is O=C(NCCCN1CCCC1=O)C1=C[C@H](c2coc3ccccc3c2=O)C[C@H](OCCCCO)O1. The maximum Gasteiger partial charge on any atom is 0.286 e. The Bertz CT molecular complexity index is 1130. The molecule has 4 rings (SSSR count). The Labute approximate surface area is 203 Å². The second-order valence-corrected chi connectivity index (χ2v) is 8.83. The summed E-state index contributed by atoms with van der Waals surface area (Å²) in [5.74, 6) is -0.557. The van der Waals surface area contributed by atoms with Crippen molar-refractivity contribution in [2.45, 2.75) is 50.7 Å². The molecule has 2 N–H and O–H groups in total. The van der Waals surface area contributed by atoms with Gasteiger partial charge >= 0.3 is 0 Å². The number of rotatable bonds is 11. The maximum atomic E-state index is 13.1. The number of para-hydroxylation sites is 1. The van der Waals surface area contributed by atoms with E-state index in [1.807, 2.05) is 4.90 Å². The minimum atomic E-state index is -0.711. The lowest BCUT2D eigenvalue weighted by Gasteiger charge is -2.29. The van der Waals surface area contributed by atoms with Crippen LogP contribution in [-0.4, -0.2) is 61.0 Å². The molecule has 2 amide bonds. The number of allylic oxidation sites excluding steroid dienone is 1. The summed E-state index contributed by atoms with van der Waals surface area (Å²) in [6, 6.07) is 7.04. The smallest absolute Gasteiger partial charge is 0.286 e. The molecule has 2 aliphatic heterocycles. The average molecular weight is 485 g/mol. The van der Waals surface area contributed by atoms with Gasteiger partial charge in [0.1, 0.15) is 5.58 Å². The molecule has 1 aromatic heterocycles. The van der Waals surface area contributed by atoms with Crippen LogP contribution in [0.1, 0.15) is 50.0 Å². The van der Waals surface area contributed by atoms with Crippen molar-refractivity contribution < 1.29 is 28.6 Å². The molecule has 1 aromatic carbocycles. The van der Waals surface area contributed by atoms with Gasteiger partial charge in [0.2, 0.25) is 12.2 Å². The predicted molar refractivity (Wildman–Crippen MR) is 129 cm³/mol. The first-order chi connectivity index (χ1) is 17.1. The summed E-state index contributed by atoms with van der Waals surface area (Å²) < 4.78 is 17.3. The summed E-state index contributed by atoms with van der Waals surface area (Å²) in [6.45, 7) is 2.21. The van der Waals surface area contributed by atoms with Gasteiger partial charge in [-0.15, -0.1) is 0 Å². The number of benzene rings is 1. The number of carbonyl (C=O) groups is 2.